The van der Waals surface area contributed by atoms with Gasteiger partial charge in [0.25, 0.3) is 0 Å². The van der Waals surface area contributed by atoms with Gasteiger partial charge in [-0.15, -0.1) is 4.98 Å². The molecule has 0 aliphatic rings. The minimum Gasteiger partial charge on any atom is -0.467 e. The van der Waals surface area contributed by atoms with Gasteiger partial charge >= 0.3 is 12.0 Å². The van der Waals surface area contributed by atoms with Crippen LogP contribution >= 0.6 is 0 Å². The summed E-state index contributed by atoms with van der Waals surface area (Å²) in [5, 5.41) is 6.21. The summed E-state index contributed by atoms with van der Waals surface area (Å²) in [6.45, 7) is 7.40. The Morgan fingerprint density at radius 3 is 2.39 bits per heavy atom. The summed E-state index contributed by atoms with van der Waals surface area (Å²) < 4.78 is 10.1. The maximum absolute atomic E-state index is 11.9. The van der Waals surface area contributed by atoms with Crippen LogP contribution in [-0.2, 0) is 11.2 Å². The molecule has 31 heavy (non-hydrogen) atoms. The van der Waals surface area contributed by atoms with Crippen molar-refractivity contribution in [3.8, 4) is 12.0 Å². The third-order valence-corrected chi connectivity index (χ3v) is 4.26. The van der Waals surface area contributed by atoms with Gasteiger partial charge in [0.1, 0.15) is 5.82 Å². The molecule has 0 unspecified atom stereocenters. The number of rotatable bonds is 9. The molecule has 2 N–H and O–H groups in total. The van der Waals surface area contributed by atoms with Crippen LogP contribution in [0, 0.1) is 13.8 Å². The Bertz CT molecular complexity index is 1100. The molecule has 10 heteroatoms. The van der Waals surface area contributed by atoms with Crippen molar-refractivity contribution in [3.63, 3.8) is 0 Å². The van der Waals surface area contributed by atoms with Gasteiger partial charge in [-0.2, -0.15) is 15.0 Å². The molecule has 0 spiro atoms. The number of nitrogens with one attached hydrogen (secondary N) is 2. The number of aryl methyl sites for hydroxylation is 2. The van der Waals surface area contributed by atoms with Crippen LogP contribution in [0.5, 0.6) is 12.0 Å². The van der Waals surface area contributed by atoms with Crippen LogP contribution in [0.3, 0.4) is 0 Å². The zero-order valence-corrected chi connectivity index (χ0v) is 17.8. The van der Waals surface area contributed by atoms with Gasteiger partial charge in [0.2, 0.25) is 11.9 Å². The zero-order chi connectivity index (χ0) is 22.4. The van der Waals surface area contributed by atoms with Gasteiger partial charge in [-0.1, -0.05) is 24.3 Å². The summed E-state index contributed by atoms with van der Waals surface area (Å²) in [5.74, 6) is 0.945. The first-order chi connectivity index (χ1) is 14.9. The lowest BCUT2D eigenvalue weighted by Gasteiger charge is -2.14. The predicted molar refractivity (Wildman–Crippen MR) is 116 cm³/mol. The molecule has 0 radical (unpaired) electrons. The van der Waals surface area contributed by atoms with E-state index in [1.165, 1.54) is 20.3 Å². The molecule has 0 aliphatic heterocycles. The third kappa shape index (κ3) is 5.50. The van der Waals surface area contributed by atoms with Gasteiger partial charge in [0, 0.05) is 23.9 Å². The molecule has 1 aromatic carbocycles. The minimum absolute atomic E-state index is 0.0619. The number of aromatic nitrogens is 5. The topological polar surface area (TPSA) is 124 Å². The molecular weight excluding hydrogens is 398 g/mol. The highest BCUT2D eigenvalue weighted by Crippen LogP contribution is 2.25. The molecule has 3 rings (SSSR count). The molecule has 0 saturated heterocycles. The lowest BCUT2D eigenvalue weighted by molar-refractivity contribution is -0.114. The summed E-state index contributed by atoms with van der Waals surface area (Å²) in [6, 6.07) is 6.02. The molecule has 0 atom stereocenters. The average Bonchev–Trinajstić information content (AvgIpc) is 2.77. The quantitative estimate of drug-likeness (QED) is 0.498. The van der Waals surface area contributed by atoms with E-state index >= 15 is 0 Å². The molecule has 0 amide bonds. The van der Waals surface area contributed by atoms with Gasteiger partial charge in [0.05, 0.1) is 14.2 Å². The maximum atomic E-state index is 11.9. The van der Waals surface area contributed by atoms with E-state index in [0.29, 0.717) is 5.82 Å². The van der Waals surface area contributed by atoms with Crippen LogP contribution in [0.2, 0.25) is 0 Å². The number of hydrogen-bond donors (Lipinski definition) is 2. The summed E-state index contributed by atoms with van der Waals surface area (Å²) >= 11 is 0. The fraction of sp³-hybridized carbons (Fsp3) is 0.238. The van der Waals surface area contributed by atoms with Crippen LogP contribution in [0.15, 0.2) is 37.1 Å². The third-order valence-electron chi connectivity index (χ3n) is 4.26. The number of ether oxygens (including phenoxy) is 2. The Balaban J connectivity index is 1.89. The second-order valence-corrected chi connectivity index (χ2v) is 6.62. The summed E-state index contributed by atoms with van der Waals surface area (Å²) in [4.78, 5) is 32.9. The van der Waals surface area contributed by atoms with E-state index in [2.05, 4.69) is 42.1 Å². The molecule has 2 aromatic heterocycles. The number of hydrogen-bond acceptors (Lipinski definition) is 10. The lowest BCUT2D eigenvalue weighted by atomic mass is 10.0. The summed E-state index contributed by atoms with van der Waals surface area (Å²) in [7, 11) is 2.89. The van der Waals surface area contributed by atoms with Crippen molar-refractivity contribution >= 4 is 29.2 Å². The van der Waals surface area contributed by atoms with Crippen molar-refractivity contribution in [2.75, 3.05) is 24.9 Å². The van der Waals surface area contributed by atoms with E-state index in [1.54, 1.807) is 6.20 Å². The SMILES string of the molecule is C=CC(=O)Cc1cc(C)ccc1Nc1nc(Nc2nc(OC)nc(OC)n2)ncc1C. The molecule has 160 valence electrons. The van der Waals surface area contributed by atoms with Crippen molar-refractivity contribution in [2.45, 2.75) is 20.3 Å². The highest BCUT2D eigenvalue weighted by Gasteiger charge is 2.12. The average molecular weight is 421 g/mol. The van der Waals surface area contributed by atoms with Crippen LogP contribution in [0.1, 0.15) is 16.7 Å². The van der Waals surface area contributed by atoms with E-state index in [-0.39, 0.29) is 36.1 Å². The molecule has 3 aromatic rings. The van der Waals surface area contributed by atoms with Crippen molar-refractivity contribution in [3.05, 3.63) is 53.7 Å². The van der Waals surface area contributed by atoms with Gasteiger partial charge in [0.15, 0.2) is 5.78 Å². The van der Waals surface area contributed by atoms with Crippen molar-refractivity contribution in [2.24, 2.45) is 0 Å². The van der Waals surface area contributed by atoms with Crippen LogP contribution in [0.25, 0.3) is 0 Å². The summed E-state index contributed by atoms with van der Waals surface area (Å²) in [5.41, 5.74) is 3.50. The largest absolute Gasteiger partial charge is 0.467 e. The van der Waals surface area contributed by atoms with Gasteiger partial charge in [-0.3, -0.25) is 10.1 Å². The highest BCUT2D eigenvalue weighted by molar-refractivity contribution is 5.92. The van der Waals surface area contributed by atoms with Gasteiger partial charge < -0.3 is 14.8 Å². The predicted octanol–water partition coefficient (Wildman–Crippen LogP) is 3.08. The smallest absolute Gasteiger partial charge is 0.324 e. The van der Waals surface area contributed by atoms with Crippen molar-refractivity contribution in [1.29, 1.82) is 0 Å². The first kappa shape index (κ1) is 21.6. The second-order valence-electron chi connectivity index (χ2n) is 6.62. The first-order valence-electron chi connectivity index (χ1n) is 9.38. The Morgan fingerprint density at radius 1 is 1.03 bits per heavy atom. The van der Waals surface area contributed by atoms with Crippen molar-refractivity contribution in [1.82, 2.24) is 24.9 Å². The number of allylic oxidation sites excluding steroid dienone is 1. The highest BCUT2D eigenvalue weighted by atomic mass is 16.5. The van der Waals surface area contributed by atoms with Crippen LogP contribution in [0.4, 0.5) is 23.4 Å². The van der Waals surface area contributed by atoms with E-state index in [0.717, 1.165) is 22.4 Å². The van der Waals surface area contributed by atoms with Crippen LogP contribution in [-0.4, -0.2) is 44.9 Å². The molecule has 0 saturated carbocycles. The normalized spacial score (nSPS) is 10.3. The number of carbonyl (C=O) groups is 1. The molecule has 2 heterocycles. The number of carbonyl (C=O) groups excluding carboxylic acids is 1. The minimum atomic E-state index is -0.0619. The van der Waals surface area contributed by atoms with Crippen LogP contribution < -0.4 is 20.1 Å². The maximum Gasteiger partial charge on any atom is 0.324 e. The van der Waals surface area contributed by atoms with Gasteiger partial charge in [-0.05, 0) is 31.6 Å². The van der Waals surface area contributed by atoms with E-state index in [4.69, 9.17) is 9.47 Å². The molecule has 0 bridgehead atoms. The fourth-order valence-corrected chi connectivity index (χ4v) is 2.68. The van der Waals surface area contributed by atoms with E-state index in [1.807, 2.05) is 32.0 Å². The standard InChI is InChI=1S/C21H23N7O3/c1-6-15(29)10-14-9-12(2)7-8-16(14)23-17-13(3)11-22-18(24-17)25-19-26-20(30-4)28-21(27-19)31-5/h6-9,11H,1,10H2,2-5H3,(H2,22,23,24,25,26,27,28). The molecular formula is C21H23N7O3. The summed E-state index contributed by atoms with van der Waals surface area (Å²) in [6.07, 6.45) is 3.23. The Morgan fingerprint density at radius 2 is 1.74 bits per heavy atom. The lowest BCUT2D eigenvalue weighted by Crippen LogP contribution is -2.08. The number of anilines is 4. The number of nitrogens with zero attached hydrogens (tertiary/aromatic N) is 5. The zero-order valence-electron chi connectivity index (χ0n) is 17.8. The second kappa shape index (κ2) is 9.61. The van der Waals surface area contributed by atoms with E-state index in [9.17, 15) is 4.79 Å². The van der Waals surface area contributed by atoms with Crippen molar-refractivity contribution < 1.29 is 14.3 Å². The van der Waals surface area contributed by atoms with E-state index < -0.39 is 0 Å². The molecule has 0 fully saturated rings. The fourth-order valence-electron chi connectivity index (χ4n) is 2.68. The molecule has 10 nitrogen and oxygen atoms in total. The number of benzene rings is 1. The Labute approximate surface area is 179 Å². The monoisotopic (exact) mass is 421 g/mol. The number of methoxy groups -OCH3 is 2. The number of ketones is 1. The Hall–Kier alpha value is -4.08. The Kier molecular flexibility index (Phi) is 6.71. The first-order valence-corrected chi connectivity index (χ1v) is 9.38. The van der Waals surface area contributed by atoms with Gasteiger partial charge in [-0.25, -0.2) is 4.98 Å². The molecule has 0 aliphatic carbocycles.